The normalized spacial score (nSPS) is 23.9. The summed E-state index contributed by atoms with van der Waals surface area (Å²) in [6, 6.07) is 1.29. The lowest BCUT2D eigenvalue weighted by atomic mass is 9.97. The van der Waals surface area contributed by atoms with Gasteiger partial charge in [-0.15, -0.1) is 0 Å². The Morgan fingerprint density at radius 3 is 1.97 bits per heavy atom. The summed E-state index contributed by atoms with van der Waals surface area (Å²) >= 11 is 0. The Bertz CT molecular complexity index is 1020. The largest absolute Gasteiger partial charge is 0.463 e. The summed E-state index contributed by atoms with van der Waals surface area (Å²) in [6.45, 7) is 5.18. The Labute approximate surface area is 193 Å². The Kier molecular flexibility index (Phi) is 8.83. The van der Waals surface area contributed by atoms with Crippen LogP contribution in [-0.4, -0.2) is 70.4 Å². The number of nitrogens with one attached hydrogen (secondary N) is 1. The van der Waals surface area contributed by atoms with E-state index in [2.05, 4.69) is 10.3 Å². The van der Waals surface area contributed by atoms with Crippen LogP contribution in [0, 0.1) is 0 Å². The van der Waals surface area contributed by atoms with Gasteiger partial charge < -0.3 is 29.0 Å². The number of aromatic nitrogens is 2. The molecule has 0 aromatic carbocycles. The topological polar surface area (TPSA) is 178 Å². The van der Waals surface area contributed by atoms with Gasteiger partial charge in [0.25, 0.3) is 0 Å². The molecule has 0 spiro atoms. The fourth-order valence-corrected chi connectivity index (χ4v) is 3.29. The summed E-state index contributed by atoms with van der Waals surface area (Å²) < 4.78 is 27.7. The number of nitrogens with zero attached hydrogens (tertiary/aromatic N) is 2. The highest BCUT2D eigenvalue weighted by Crippen LogP contribution is 2.34. The third kappa shape index (κ3) is 7.10. The van der Waals surface area contributed by atoms with Gasteiger partial charge in [-0.3, -0.25) is 28.5 Å². The van der Waals surface area contributed by atoms with Crippen LogP contribution in [0.4, 0.5) is 5.82 Å². The molecular weight excluding hydrogens is 458 g/mol. The standard InChI is InChI=1S/C20H25N3O11/c1-9(24)21-15-6-7-23(20(29)22-15)19-18(33-13(5)28)17(32-12(4)27)16(31-11(3)26)14(34-19)8-30-10(2)25/h6-7,14,16-19H,8H2,1-5H3,(H,21,22,24,29)/t14-,16+,17+,18-,19-/m0/s1. The van der Waals surface area contributed by atoms with Gasteiger partial charge in [0.1, 0.15) is 18.5 Å². The van der Waals surface area contributed by atoms with Crippen molar-refractivity contribution in [3.63, 3.8) is 0 Å². The van der Waals surface area contributed by atoms with Crippen molar-refractivity contribution in [1.29, 1.82) is 0 Å². The fraction of sp³-hybridized carbons (Fsp3) is 0.550. The van der Waals surface area contributed by atoms with Crippen LogP contribution in [0.5, 0.6) is 0 Å². The van der Waals surface area contributed by atoms with Gasteiger partial charge >= 0.3 is 29.6 Å². The third-order valence-corrected chi connectivity index (χ3v) is 4.37. The number of rotatable bonds is 7. The maximum atomic E-state index is 12.7. The minimum Gasteiger partial charge on any atom is -0.463 e. The highest BCUT2D eigenvalue weighted by molar-refractivity contribution is 5.87. The molecule has 5 atom stereocenters. The number of esters is 4. The highest BCUT2D eigenvalue weighted by Gasteiger charge is 2.53. The first-order valence-electron chi connectivity index (χ1n) is 10.1. The molecule has 2 rings (SSSR count). The number of carbonyl (C=O) groups is 5. The zero-order valence-electron chi connectivity index (χ0n) is 19.1. The summed E-state index contributed by atoms with van der Waals surface area (Å²) in [7, 11) is 0. The fourth-order valence-electron chi connectivity index (χ4n) is 3.29. The van der Waals surface area contributed by atoms with Gasteiger partial charge in [-0.2, -0.15) is 4.98 Å². The third-order valence-electron chi connectivity index (χ3n) is 4.37. The Hall–Kier alpha value is -3.81. The molecule has 14 nitrogen and oxygen atoms in total. The summed E-state index contributed by atoms with van der Waals surface area (Å²) in [5.41, 5.74) is -0.910. The molecule has 0 saturated carbocycles. The summed E-state index contributed by atoms with van der Waals surface area (Å²) in [5, 5.41) is 2.35. The van der Waals surface area contributed by atoms with Crippen molar-refractivity contribution in [3.8, 4) is 0 Å². The lowest BCUT2D eigenvalue weighted by Gasteiger charge is -2.44. The van der Waals surface area contributed by atoms with E-state index in [1.54, 1.807) is 0 Å². The van der Waals surface area contributed by atoms with Crippen molar-refractivity contribution in [2.24, 2.45) is 0 Å². The molecule has 0 aliphatic carbocycles. The zero-order chi connectivity index (χ0) is 25.6. The minimum absolute atomic E-state index is 0.0422. The molecule has 1 aliphatic heterocycles. The van der Waals surface area contributed by atoms with Gasteiger partial charge in [0.05, 0.1) is 0 Å². The molecule has 1 saturated heterocycles. The molecule has 1 N–H and O–H groups in total. The molecule has 0 radical (unpaired) electrons. The molecule has 0 bridgehead atoms. The van der Waals surface area contributed by atoms with E-state index in [9.17, 15) is 28.8 Å². The Morgan fingerprint density at radius 2 is 1.47 bits per heavy atom. The van der Waals surface area contributed by atoms with Crippen LogP contribution in [0.2, 0.25) is 0 Å². The number of hydrogen-bond donors (Lipinski definition) is 1. The van der Waals surface area contributed by atoms with Crippen molar-refractivity contribution < 1.29 is 47.7 Å². The van der Waals surface area contributed by atoms with Crippen molar-refractivity contribution in [1.82, 2.24) is 9.55 Å². The molecule has 14 heteroatoms. The molecule has 1 aromatic rings. The van der Waals surface area contributed by atoms with E-state index >= 15 is 0 Å². The average molecular weight is 483 g/mol. The molecule has 2 heterocycles. The van der Waals surface area contributed by atoms with Crippen molar-refractivity contribution in [2.45, 2.75) is 65.3 Å². The van der Waals surface area contributed by atoms with Crippen LogP contribution in [0.15, 0.2) is 17.1 Å². The van der Waals surface area contributed by atoms with E-state index in [4.69, 9.17) is 23.7 Å². The van der Waals surface area contributed by atoms with Crippen molar-refractivity contribution in [3.05, 3.63) is 22.7 Å². The minimum atomic E-state index is -1.47. The number of carbonyl (C=O) groups excluding carboxylic acids is 5. The first-order chi connectivity index (χ1) is 15.9. The van der Waals surface area contributed by atoms with E-state index in [0.29, 0.717) is 0 Å². The second-order valence-electron chi connectivity index (χ2n) is 7.27. The van der Waals surface area contributed by atoms with Crippen LogP contribution in [0.1, 0.15) is 40.8 Å². The first kappa shape index (κ1) is 26.4. The van der Waals surface area contributed by atoms with Gasteiger partial charge in [-0.05, 0) is 6.07 Å². The highest BCUT2D eigenvalue weighted by atomic mass is 16.7. The summed E-state index contributed by atoms with van der Waals surface area (Å²) in [4.78, 5) is 74.5. The zero-order valence-corrected chi connectivity index (χ0v) is 19.1. The smallest absolute Gasteiger partial charge is 0.351 e. The second kappa shape index (κ2) is 11.4. The lowest BCUT2D eigenvalue weighted by Crippen LogP contribution is -2.61. The average Bonchev–Trinajstić information content (AvgIpc) is 2.68. The number of amides is 1. The molecule has 0 unspecified atom stereocenters. The molecule has 1 aliphatic rings. The van der Waals surface area contributed by atoms with E-state index in [1.165, 1.54) is 19.2 Å². The van der Waals surface area contributed by atoms with E-state index in [1.807, 2.05) is 0 Å². The molecule has 186 valence electrons. The maximum absolute atomic E-state index is 12.7. The van der Waals surface area contributed by atoms with Crippen molar-refractivity contribution in [2.75, 3.05) is 11.9 Å². The van der Waals surface area contributed by atoms with Crippen LogP contribution in [0.25, 0.3) is 0 Å². The SMILES string of the molecule is CC(=O)Nc1ccn([C@H]2O[C@@H](COC(C)=O)[C@@H](OC(C)=O)[C@@H](OC(C)=O)[C@@H]2OC(C)=O)c(=O)n1. The molecule has 1 amide bonds. The predicted octanol–water partition coefficient (Wildman–Crippen LogP) is -0.543. The summed E-state index contributed by atoms with van der Waals surface area (Å²) in [5.74, 6) is -3.58. The van der Waals surface area contributed by atoms with E-state index in [-0.39, 0.29) is 5.82 Å². The predicted molar refractivity (Wildman–Crippen MR) is 110 cm³/mol. The van der Waals surface area contributed by atoms with Gasteiger partial charge in [0.2, 0.25) is 5.91 Å². The molecular formula is C20H25N3O11. The molecule has 34 heavy (non-hydrogen) atoms. The molecule has 1 fully saturated rings. The number of hydrogen-bond acceptors (Lipinski definition) is 12. The van der Waals surface area contributed by atoms with Crippen LogP contribution < -0.4 is 11.0 Å². The van der Waals surface area contributed by atoms with Crippen molar-refractivity contribution >= 4 is 35.6 Å². The van der Waals surface area contributed by atoms with Crippen LogP contribution >= 0.6 is 0 Å². The molecule has 1 aromatic heterocycles. The van der Waals surface area contributed by atoms with E-state index in [0.717, 1.165) is 32.3 Å². The lowest BCUT2D eigenvalue weighted by molar-refractivity contribution is -0.269. The van der Waals surface area contributed by atoms with Gasteiger partial charge in [0, 0.05) is 40.8 Å². The first-order valence-corrected chi connectivity index (χ1v) is 10.1. The van der Waals surface area contributed by atoms with Gasteiger partial charge in [-0.1, -0.05) is 0 Å². The second-order valence-corrected chi connectivity index (χ2v) is 7.27. The van der Waals surface area contributed by atoms with Gasteiger partial charge in [-0.25, -0.2) is 4.79 Å². The van der Waals surface area contributed by atoms with Crippen LogP contribution in [-0.2, 0) is 47.7 Å². The number of anilines is 1. The van der Waals surface area contributed by atoms with E-state index < -0.39 is 72.7 Å². The van der Waals surface area contributed by atoms with Crippen LogP contribution in [0.3, 0.4) is 0 Å². The Morgan fingerprint density at radius 1 is 0.912 bits per heavy atom. The van der Waals surface area contributed by atoms with Gasteiger partial charge in [0.15, 0.2) is 24.5 Å². The Balaban J connectivity index is 2.59. The summed E-state index contributed by atoms with van der Waals surface area (Å²) in [6.07, 6.45) is -5.72. The maximum Gasteiger partial charge on any atom is 0.351 e. The monoisotopic (exact) mass is 483 g/mol. The number of ether oxygens (including phenoxy) is 5. The quantitative estimate of drug-likeness (QED) is 0.387.